The zero-order chi connectivity index (χ0) is 10.1. The summed E-state index contributed by atoms with van der Waals surface area (Å²) >= 11 is 6.06. The van der Waals surface area contributed by atoms with Crippen molar-refractivity contribution < 1.29 is 14.9 Å². The van der Waals surface area contributed by atoms with Crippen molar-refractivity contribution in [3.8, 4) is 10.8 Å². The fraction of sp³-hybridized carbons (Fsp3) is 0. The number of furan rings is 1. The molecule has 0 fully saturated rings. The lowest BCUT2D eigenvalue weighted by Crippen LogP contribution is -2.99. The maximum absolute atomic E-state index is 10.5. The van der Waals surface area contributed by atoms with E-state index in [9.17, 15) is 5.21 Å². The fourth-order valence-electron chi connectivity index (χ4n) is 0.903. The minimum absolute atomic E-state index is 0.110. The lowest BCUT2D eigenvalue weighted by Gasteiger charge is -2.05. The van der Waals surface area contributed by atoms with E-state index in [0.29, 0.717) is 14.7 Å². The molecule has 0 aliphatic heterocycles. The van der Waals surface area contributed by atoms with Crippen molar-refractivity contribution in [1.82, 2.24) is 10.2 Å². The van der Waals surface area contributed by atoms with Crippen LogP contribution in [0.2, 0.25) is 0 Å². The summed E-state index contributed by atoms with van der Waals surface area (Å²) in [6.07, 6.45) is 0. The number of H-pyrrole nitrogens is 1. The summed E-state index contributed by atoms with van der Waals surface area (Å²) in [7, 11) is 0. The normalized spacial score (nSPS) is 13.0. The summed E-state index contributed by atoms with van der Waals surface area (Å²) in [6.45, 7) is 0. The number of aromatic amines is 1. The van der Waals surface area contributed by atoms with Gasteiger partial charge in [0.2, 0.25) is 0 Å². The summed E-state index contributed by atoms with van der Waals surface area (Å²) in [5.41, 5.74) is 0. The molecule has 0 aliphatic carbocycles. The third-order valence-corrected chi connectivity index (χ3v) is 2.57. The molecule has 1 atom stereocenters. The summed E-state index contributed by atoms with van der Waals surface area (Å²) < 4.78 is 5.55. The molecule has 14 heavy (non-hydrogen) atoms. The highest BCUT2D eigenvalue weighted by Gasteiger charge is 2.11. The second-order valence-electron chi connectivity index (χ2n) is 2.39. The smallest absolute Gasteiger partial charge is 0.328 e. The molecule has 3 N–H and O–H groups in total. The van der Waals surface area contributed by atoms with Crippen molar-refractivity contribution >= 4 is 29.4 Å². The Kier molecular flexibility index (Phi) is 2.44. The molecule has 0 aliphatic rings. The van der Waals surface area contributed by atoms with E-state index in [4.69, 9.17) is 21.8 Å². The SMILES string of the molecule is [O-][NH+](O)c1ccc(-c2n[nH]c(=S)s2)o1. The highest BCUT2D eigenvalue weighted by atomic mass is 32.1. The molecular formula is C6H5N3O3S2. The molecule has 2 heterocycles. The lowest BCUT2D eigenvalue weighted by molar-refractivity contribution is -0.997. The maximum Gasteiger partial charge on any atom is 0.328 e. The van der Waals surface area contributed by atoms with Gasteiger partial charge in [0, 0.05) is 6.07 Å². The van der Waals surface area contributed by atoms with Crippen LogP contribution in [0.3, 0.4) is 0 Å². The predicted octanol–water partition coefficient (Wildman–Crippen LogP) is 0.864. The molecule has 0 aromatic carbocycles. The second-order valence-corrected chi connectivity index (χ2v) is 4.05. The Labute approximate surface area is 86.9 Å². The Balaban J connectivity index is 2.38. The maximum atomic E-state index is 10.5. The molecule has 0 radical (unpaired) electrons. The molecule has 6 nitrogen and oxygen atoms in total. The first kappa shape index (κ1) is 9.49. The molecule has 2 aromatic heterocycles. The van der Waals surface area contributed by atoms with Gasteiger partial charge in [0.05, 0.1) is 0 Å². The second kappa shape index (κ2) is 3.59. The van der Waals surface area contributed by atoms with Gasteiger partial charge in [-0.3, -0.25) is 5.10 Å². The zero-order valence-electron chi connectivity index (χ0n) is 6.68. The van der Waals surface area contributed by atoms with Crippen molar-refractivity contribution in [3.05, 3.63) is 21.3 Å². The van der Waals surface area contributed by atoms with Gasteiger partial charge in [0.15, 0.2) is 14.7 Å². The van der Waals surface area contributed by atoms with Gasteiger partial charge in [-0.1, -0.05) is 11.3 Å². The lowest BCUT2D eigenvalue weighted by atomic mass is 10.5. The number of aromatic nitrogens is 2. The van der Waals surface area contributed by atoms with Crippen LogP contribution in [0.5, 0.6) is 0 Å². The van der Waals surface area contributed by atoms with Crippen LogP contribution in [0.1, 0.15) is 0 Å². The summed E-state index contributed by atoms with van der Waals surface area (Å²) in [5.74, 6) is 0.292. The molecule has 0 saturated heterocycles. The van der Waals surface area contributed by atoms with E-state index in [0.717, 1.165) is 0 Å². The van der Waals surface area contributed by atoms with Crippen LogP contribution in [-0.2, 0) is 0 Å². The standard InChI is InChI=1S/C6H5N3O3S2/c10-9(11)4-2-1-3(12-4)5-7-8-6(13)14-5/h1-2,9-10H,(H,8,13). The summed E-state index contributed by atoms with van der Waals surface area (Å²) in [6, 6.07) is 2.92. The Bertz CT molecular complexity index is 486. The number of hydrogen-bond donors (Lipinski definition) is 3. The van der Waals surface area contributed by atoms with Gasteiger partial charge in [-0.2, -0.15) is 10.3 Å². The van der Waals surface area contributed by atoms with Gasteiger partial charge in [-0.15, -0.1) is 0 Å². The van der Waals surface area contributed by atoms with E-state index in [1.165, 1.54) is 17.4 Å². The van der Waals surface area contributed by atoms with Crippen LogP contribution >= 0.6 is 23.6 Å². The quantitative estimate of drug-likeness (QED) is 0.527. The van der Waals surface area contributed by atoms with Crippen LogP contribution in [0, 0.1) is 9.16 Å². The molecule has 0 saturated carbocycles. The van der Waals surface area contributed by atoms with Crippen molar-refractivity contribution in [3.63, 3.8) is 0 Å². The minimum atomic E-state index is -1.10. The summed E-state index contributed by atoms with van der Waals surface area (Å²) in [5, 5.41) is 25.0. The third-order valence-electron chi connectivity index (χ3n) is 1.47. The molecule has 2 rings (SSSR count). The van der Waals surface area contributed by atoms with Crippen molar-refractivity contribution in [2.45, 2.75) is 0 Å². The van der Waals surface area contributed by atoms with Crippen molar-refractivity contribution in [2.24, 2.45) is 0 Å². The molecule has 1 unspecified atom stereocenters. The van der Waals surface area contributed by atoms with E-state index in [1.807, 2.05) is 0 Å². The Morgan fingerprint density at radius 2 is 2.43 bits per heavy atom. The first-order valence-electron chi connectivity index (χ1n) is 3.56. The van der Waals surface area contributed by atoms with Gasteiger partial charge < -0.3 is 9.62 Å². The van der Waals surface area contributed by atoms with Crippen LogP contribution in [0.15, 0.2) is 16.5 Å². The van der Waals surface area contributed by atoms with E-state index in [1.54, 1.807) is 6.07 Å². The number of hydrogen-bond acceptors (Lipinski definition) is 6. The van der Waals surface area contributed by atoms with Gasteiger partial charge in [-0.05, 0) is 18.3 Å². The first-order chi connectivity index (χ1) is 6.66. The monoisotopic (exact) mass is 231 g/mol. The van der Waals surface area contributed by atoms with Gasteiger partial charge in [-0.25, -0.2) is 5.21 Å². The van der Waals surface area contributed by atoms with E-state index >= 15 is 0 Å². The number of nitrogens with one attached hydrogen (secondary N) is 2. The number of nitrogens with zero attached hydrogens (tertiary/aromatic N) is 1. The van der Waals surface area contributed by atoms with Crippen LogP contribution in [0.4, 0.5) is 5.88 Å². The number of rotatable bonds is 2. The van der Waals surface area contributed by atoms with Crippen LogP contribution in [-0.4, -0.2) is 15.4 Å². The molecule has 0 bridgehead atoms. The fourth-order valence-corrected chi connectivity index (χ4v) is 1.75. The molecule has 74 valence electrons. The van der Waals surface area contributed by atoms with Gasteiger partial charge >= 0.3 is 5.88 Å². The average Bonchev–Trinajstić information content (AvgIpc) is 2.70. The van der Waals surface area contributed by atoms with E-state index < -0.39 is 5.23 Å². The number of quaternary nitrogens is 1. The molecule has 0 amide bonds. The van der Waals surface area contributed by atoms with Crippen LogP contribution in [0.25, 0.3) is 10.8 Å². The topological polar surface area (TPSA) is 89.5 Å². The molecule has 8 heteroatoms. The van der Waals surface area contributed by atoms with Gasteiger partial charge in [0.25, 0.3) is 0 Å². The average molecular weight is 231 g/mol. The molecule has 0 spiro atoms. The zero-order valence-corrected chi connectivity index (χ0v) is 8.32. The highest BCUT2D eigenvalue weighted by Crippen LogP contribution is 2.24. The third kappa shape index (κ3) is 1.74. The highest BCUT2D eigenvalue weighted by molar-refractivity contribution is 7.73. The van der Waals surface area contributed by atoms with Gasteiger partial charge in [0.1, 0.15) is 0 Å². The predicted molar refractivity (Wildman–Crippen MR) is 50.8 cm³/mol. The van der Waals surface area contributed by atoms with Crippen LogP contribution < -0.4 is 5.23 Å². The Hall–Kier alpha value is -1.06. The Morgan fingerprint density at radius 1 is 1.64 bits per heavy atom. The largest absolute Gasteiger partial charge is 0.592 e. The first-order valence-corrected chi connectivity index (χ1v) is 4.78. The van der Waals surface area contributed by atoms with E-state index in [2.05, 4.69) is 10.2 Å². The Morgan fingerprint density at radius 3 is 2.93 bits per heavy atom. The summed E-state index contributed by atoms with van der Waals surface area (Å²) in [4.78, 5) is 0. The molecular weight excluding hydrogens is 226 g/mol. The van der Waals surface area contributed by atoms with Crippen molar-refractivity contribution in [1.29, 1.82) is 0 Å². The minimum Gasteiger partial charge on any atom is -0.592 e. The van der Waals surface area contributed by atoms with E-state index in [-0.39, 0.29) is 5.88 Å². The molecule has 2 aromatic rings. The van der Waals surface area contributed by atoms with Crippen molar-refractivity contribution in [2.75, 3.05) is 0 Å².